The second-order valence-electron chi connectivity index (χ2n) is 6.98. The van der Waals surface area contributed by atoms with E-state index in [4.69, 9.17) is 5.73 Å². The molecule has 0 unspecified atom stereocenters. The van der Waals surface area contributed by atoms with E-state index in [0.29, 0.717) is 11.5 Å². The third-order valence-corrected chi connectivity index (χ3v) is 5.62. The number of anilines is 1. The Balaban J connectivity index is 1.60. The van der Waals surface area contributed by atoms with Gasteiger partial charge in [0.25, 0.3) is 0 Å². The summed E-state index contributed by atoms with van der Waals surface area (Å²) in [5.74, 6) is 0.833. The quantitative estimate of drug-likeness (QED) is 0.881. The van der Waals surface area contributed by atoms with Gasteiger partial charge in [0.2, 0.25) is 0 Å². The minimum Gasteiger partial charge on any atom is -0.370 e. The zero-order valence-electron chi connectivity index (χ0n) is 11.6. The van der Waals surface area contributed by atoms with Crippen LogP contribution in [-0.2, 0) is 5.41 Å². The first-order valence-electron chi connectivity index (χ1n) is 7.87. The third kappa shape index (κ3) is 1.80. The SMILES string of the molecule is NC1CC(CN2CC3(CCCC3)c3ccccc32)C1. The average molecular weight is 256 g/mol. The summed E-state index contributed by atoms with van der Waals surface area (Å²) in [5.41, 5.74) is 9.58. The maximum Gasteiger partial charge on any atom is 0.0405 e. The molecule has 1 aromatic rings. The molecule has 0 saturated heterocycles. The molecule has 0 atom stereocenters. The molecule has 0 amide bonds. The van der Waals surface area contributed by atoms with E-state index in [9.17, 15) is 0 Å². The molecule has 1 aromatic carbocycles. The highest BCUT2D eigenvalue weighted by Crippen LogP contribution is 2.50. The van der Waals surface area contributed by atoms with Gasteiger partial charge in [0.05, 0.1) is 0 Å². The second-order valence-corrected chi connectivity index (χ2v) is 6.98. The highest BCUT2D eigenvalue weighted by atomic mass is 15.2. The van der Waals surface area contributed by atoms with Crippen LogP contribution in [0.4, 0.5) is 5.69 Å². The van der Waals surface area contributed by atoms with Gasteiger partial charge in [0.15, 0.2) is 0 Å². The molecule has 2 aliphatic carbocycles. The summed E-state index contributed by atoms with van der Waals surface area (Å²) in [4.78, 5) is 2.66. The first-order valence-corrected chi connectivity index (χ1v) is 7.87. The normalized spacial score (nSPS) is 31.5. The van der Waals surface area contributed by atoms with Gasteiger partial charge in [-0.05, 0) is 43.2 Å². The number of rotatable bonds is 2. The summed E-state index contributed by atoms with van der Waals surface area (Å²) >= 11 is 0. The van der Waals surface area contributed by atoms with Gasteiger partial charge in [-0.1, -0.05) is 31.0 Å². The Morgan fingerprint density at radius 2 is 1.89 bits per heavy atom. The van der Waals surface area contributed by atoms with Gasteiger partial charge in [-0.25, -0.2) is 0 Å². The van der Waals surface area contributed by atoms with E-state index >= 15 is 0 Å². The maximum absolute atomic E-state index is 5.93. The van der Waals surface area contributed by atoms with E-state index in [-0.39, 0.29) is 0 Å². The topological polar surface area (TPSA) is 29.3 Å². The molecule has 1 spiro atoms. The predicted octanol–water partition coefficient (Wildman–Crippen LogP) is 3.06. The van der Waals surface area contributed by atoms with Crippen LogP contribution in [-0.4, -0.2) is 19.1 Å². The van der Waals surface area contributed by atoms with E-state index in [0.717, 1.165) is 5.92 Å². The Morgan fingerprint density at radius 1 is 1.16 bits per heavy atom. The Morgan fingerprint density at radius 3 is 2.63 bits per heavy atom. The predicted molar refractivity (Wildman–Crippen MR) is 79.5 cm³/mol. The van der Waals surface area contributed by atoms with Crippen molar-refractivity contribution in [3.63, 3.8) is 0 Å². The first-order chi connectivity index (χ1) is 9.27. The molecular weight excluding hydrogens is 232 g/mol. The zero-order chi connectivity index (χ0) is 12.9. The molecule has 2 heteroatoms. The lowest BCUT2D eigenvalue weighted by molar-refractivity contribution is 0.266. The monoisotopic (exact) mass is 256 g/mol. The van der Waals surface area contributed by atoms with Crippen LogP contribution in [0, 0.1) is 5.92 Å². The van der Waals surface area contributed by atoms with E-state index in [2.05, 4.69) is 29.2 Å². The smallest absolute Gasteiger partial charge is 0.0405 e. The van der Waals surface area contributed by atoms with Crippen molar-refractivity contribution in [3.05, 3.63) is 29.8 Å². The van der Waals surface area contributed by atoms with Crippen LogP contribution in [0.5, 0.6) is 0 Å². The molecule has 2 fully saturated rings. The van der Waals surface area contributed by atoms with Crippen molar-refractivity contribution in [2.24, 2.45) is 11.7 Å². The van der Waals surface area contributed by atoms with Crippen LogP contribution >= 0.6 is 0 Å². The van der Waals surface area contributed by atoms with Crippen LogP contribution in [0.1, 0.15) is 44.1 Å². The fourth-order valence-corrected chi connectivity index (χ4v) is 4.62. The van der Waals surface area contributed by atoms with E-state index in [1.54, 1.807) is 5.56 Å². The van der Waals surface area contributed by atoms with Crippen molar-refractivity contribution < 1.29 is 0 Å². The van der Waals surface area contributed by atoms with Crippen LogP contribution in [0.25, 0.3) is 0 Å². The number of nitrogens with two attached hydrogens (primary N) is 1. The molecular formula is C17H24N2. The first kappa shape index (κ1) is 11.8. The Kier molecular flexibility index (Phi) is 2.63. The summed E-state index contributed by atoms with van der Waals surface area (Å²) in [6.45, 7) is 2.49. The van der Waals surface area contributed by atoms with Crippen molar-refractivity contribution in [1.29, 1.82) is 0 Å². The molecule has 0 aromatic heterocycles. The van der Waals surface area contributed by atoms with Gasteiger partial charge in [-0.2, -0.15) is 0 Å². The Hall–Kier alpha value is -1.02. The van der Waals surface area contributed by atoms with Gasteiger partial charge in [-0.3, -0.25) is 0 Å². The summed E-state index contributed by atoms with van der Waals surface area (Å²) in [5, 5.41) is 0. The number of para-hydroxylation sites is 1. The molecule has 19 heavy (non-hydrogen) atoms. The molecule has 2 nitrogen and oxygen atoms in total. The largest absolute Gasteiger partial charge is 0.370 e. The van der Waals surface area contributed by atoms with Crippen molar-refractivity contribution >= 4 is 5.69 Å². The average Bonchev–Trinajstić information content (AvgIpc) is 2.96. The number of nitrogens with zero attached hydrogens (tertiary/aromatic N) is 1. The van der Waals surface area contributed by atoms with Gasteiger partial charge < -0.3 is 10.6 Å². The van der Waals surface area contributed by atoms with Crippen LogP contribution < -0.4 is 10.6 Å². The maximum atomic E-state index is 5.93. The molecule has 3 aliphatic rings. The van der Waals surface area contributed by atoms with Gasteiger partial charge in [0, 0.05) is 30.2 Å². The number of benzene rings is 1. The summed E-state index contributed by atoms with van der Waals surface area (Å²) in [6.07, 6.45) is 8.07. The van der Waals surface area contributed by atoms with Crippen LogP contribution in [0.2, 0.25) is 0 Å². The summed E-state index contributed by atoms with van der Waals surface area (Å²) in [7, 11) is 0. The molecule has 0 bridgehead atoms. The standard InChI is InChI=1S/C17H24N2/c18-14-9-13(10-14)11-19-12-17(7-3-4-8-17)15-5-1-2-6-16(15)19/h1-2,5-6,13-14H,3-4,7-12,18H2. The fourth-order valence-electron chi connectivity index (χ4n) is 4.62. The Labute approximate surface area is 116 Å². The highest BCUT2D eigenvalue weighted by molar-refractivity contribution is 5.63. The van der Waals surface area contributed by atoms with Gasteiger partial charge in [0.1, 0.15) is 0 Å². The van der Waals surface area contributed by atoms with Gasteiger partial charge in [-0.15, -0.1) is 0 Å². The van der Waals surface area contributed by atoms with Crippen molar-refractivity contribution in [3.8, 4) is 0 Å². The summed E-state index contributed by atoms with van der Waals surface area (Å²) < 4.78 is 0. The van der Waals surface area contributed by atoms with Crippen molar-refractivity contribution in [2.45, 2.75) is 50.0 Å². The molecule has 0 radical (unpaired) electrons. The second kappa shape index (κ2) is 4.24. The minimum atomic E-state index is 0.475. The van der Waals surface area contributed by atoms with Gasteiger partial charge >= 0.3 is 0 Å². The van der Waals surface area contributed by atoms with E-state index in [1.165, 1.54) is 57.3 Å². The van der Waals surface area contributed by atoms with Crippen molar-refractivity contribution in [2.75, 3.05) is 18.0 Å². The number of hydrogen-bond acceptors (Lipinski definition) is 2. The van der Waals surface area contributed by atoms with Crippen LogP contribution in [0.15, 0.2) is 24.3 Å². The zero-order valence-corrected chi connectivity index (χ0v) is 11.6. The number of fused-ring (bicyclic) bond motifs is 2. The van der Waals surface area contributed by atoms with Crippen LogP contribution in [0.3, 0.4) is 0 Å². The molecule has 2 saturated carbocycles. The molecule has 2 N–H and O–H groups in total. The lowest BCUT2D eigenvalue weighted by Gasteiger charge is -2.37. The molecule has 1 heterocycles. The molecule has 1 aliphatic heterocycles. The fraction of sp³-hybridized carbons (Fsp3) is 0.647. The van der Waals surface area contributed by atoms with E-state index in [1.807, 2.05) is 0 Å². The lowest BCUT2D eigenvalue weighted by atomic mass is 9.80. The molecule has 102 valence electrons. The Bertz CT molecular complexity index is 470. The van der Waals surface area contributed by atoms with Crippen molar-refractivity contribution in [1.82, 2.24) is 0 Å². The number of hydrogen-bond donors (Lipinski definition) is 1. The van der Waals surface area contributed by atoms with E-state index < -0.39 is 0 Å². The third-order valence-electron chi connectivity index (χ3n) is 5.62. The molecule has 4 rings (SSSR count). The highest BCUT2D eigenvalue weighted by Gasteiger charge is 2.45. The summed E-state index contributed by atoms with van der Waals surface area (Å²) in [6, 6.07) is 9.62. The lowest BCUT2D eigenvalue weighted by Crippen LogP contribution is -2.43. The minimum absolute atomic E-state index is 0.475.